The maximum atomic E-state index is 11.2. The summed E-state index contributed by atoms with van der Waals surface area (Å²) in [5, 5.41) is 12.9. The third-order valence-electron chi connectivity index (χ3n) is 8.15. The van der Waals surface area contributed by atoms with Gasteiger partial charge in [0.15, 0.2) is 0 Å². The molecule has 1 N–H and O–H groups in total. The Hall–Kier alpha value is -4.02. The quantitative estimate of drug-likeness (QED) is 0.209. The lowest BCUT2D eigenvalue weighted by Gasteiger charge is -2.21. The summed E-state index contributed by atoms with van der Waals surface area (Å²) in [7, 11) is 1.33. The number of ether oxygens (including phenoxy) is 2. The van der Waals surface area contributed by atoms with E-state index in [0.717, 1.165) is 61.2 Å². The topological polar surface area (TPSA) is 74.2 Å². The van der Waals surface area contributed by atoms with E-state index in [-0.39, 0.29) is 16.6 Å². The number of hydrogen-bond acceptors (Lipinski definition) is 6. The predicted octanol–water partition coefficient (Wildman–Crippen LogP) is 11.4. The van der Waals surface area contributed by atoms with Gasteiger partial charge in [-0.15, -0.1) is 0 Å². The van der Waals surface area contributed by atoms with E-state index in [1.807, 2.05) is 70.2 Å². The monoisotopic (exact) mass is 628 g/mol. The standard InChI is InChI=1S/C38H45O6P/c1-21-13-23(3)33(39)27(15-21)28-16-22(2)14-24(4)34(28)42-45-43-35-29(17-25(40-11)19-31(35)37(5,6)7)30-18-26(41-12)20-32(36(30)44-45)38(8,9)10/h13-20,39H,1-12H3. The van der Waals surface area contributed by atoms with Crippen LogP contribution in [-0.4, -0.2) is 19.3 Å². The van der Waals surface area contributed by atoms with Crippen molar-refractivity contribution in [3.8, 4) is 34.1 Å². The number of aryl methyl sites for hydroxylation is 4. The Bertz CT molecular complexity index is 1890. The fourth-order valence-corrected chi connectivity index (χ4v) is 7.07. The van der Waals surface area contributed by atoms with E-state index in [1.165, 1.54) is 0 Å². The van der Waals surface area contributed by atoms with Crippen LogP contribution in [-0.2, 0) is 10.8 Å². The number of phenolic OH excluding ortho intramolecular Hbond substituents is 1. The van der Waals surface area contributed by atoms with Crippen LogP contribution >= 0.6 is 8.24 Å². The third-order valence-corrected chi connectivity index (χ3v) is 9.15. The molecule has 1 aromatic heterocycles. The van der Waals surface area contributed by atoms with E-state index in [2.05, 4.69) is 47.6 Å². The Morgan fingerprint density at radius 2 is 1.04 bits per heavy atom. The number of rotatable bonds is 5. The first kappa shape index (κ1) is 32.4. The molecule has 1 heterocycles. The molecule has 0 saturated heterocycles. The van der Waals surface area contributed by atoms with Crippen LogP contribution in [0.4, 0.5) is 0 Å². The molecule has 0 aliphatic rings. The number of phenols is 1. The zero-order chi connectivity index (χ0) is 33.0. The molecule has 0 amide bonds. The fourth-order valence-electron chi connectivity index (χ4n) is 5.87. The van der Waals surface area contributed by atoms with Crippen molar-refractivity contribution in [2.45, 2.75) is 80.1 Å². The Kier molecular flexibility index (Phi) is 8.44. The van der Waals surface area contributed by atoms with Crippen molar-refractivity contribution in [3.05, 3.63) is 81.9 Å². The lowest BCUT2D eigenvalue weighted by molar-refractivity contribution is 0.413. The van der Waals surface area contributed by atoms with Crippen LogP contribution in [0, 0.1) is 27.7 Å². The van der Waals surface area contributed by atoms with E-state index in [1.54, 1.807) is 14.2 Å². The zero-order valence-corrected chi connectivity index (χ0v) is 29.4. The van der Waals surface area contributed by atoms with Crippen molar-refractivity contribution >= 4 is 30.2 Å². The zero-order valence-electron chi connectivity index (χ0n) is 28.6. The van der Waals surface area contributed by atoms with Gasteiger partial charge in [-0.25, -0.2) is 0 Å². The van der Waals surface area contributed by atoms with Gasteiger partial charge in [-0.1, -0.05) is 53.7 Å². The van der Waals surface area contributed by atoms with Crippen molar-refractivity contribution in [2.75, 3.05) is 14.2 Å². The third kappa shape index (κ3) is 6.26. The van der Waals surface area contributed by atoms with Crippen LogP contribution in [0.25, 0.3) is 33.1 Å². The van der Waals surface area contributed by atoms with Crippen LogP contribution in [0.3, 0.4) is 0 Å². The van der Waals surface area contributed by atoms with E-state index in [9.17, 15) is 5.11 Å². The lowest BCUT2D eigenvalue weighted by Crippen LogP contribution is -2.12. The summed E-state index contributed by atoms with van der Waals surface area (Å²) in [5.74, 6) is 2.28. The molecule has 7 heteroatoms. The highest BCUT2D eigenvalue weighted by atomic mass is 31.1. The molecular formula is C38H45O6P. The first-order valence-corrected chi connectivity index (χ1v) is 16.3. The molecular weight excluding hydrogens is 583 g/mol. The second kappa shape index (κ2) is 11.7. The minimum Gasteiger partial charge on any atom is -0.507 e. The second-order valence-corrected chi connectivity index (χ2v) is 15.0. The van der Waals surface area contributed by atoms with Gasteiger partial charge >= 0.3 is 8.24 Å². The molecule has 5 rings (SSSR count). The molecule has 0 saturated carbocycles. The van der Waals surface area contributed by atoms with Crippen molar-refractivity contribution in [1.29, 1.82) is 0 Å². The molecule has 0 unspecified atom stereocenters. The van der Waals surface area contributed by atoms with Gasteiger partial charge in [-0.05, 0) is 97.2 Å². The number of hydrogen-bond donors (Lipinski definition) is 1. The van der Waals surface area contributed by atoms with E-state index in [0.29, 0.717) is 22.5 Å². The first-order chi connectivity index (χ1) is 21.0. The van der Waals surface area contributed by atoms with Crippen molar-refractivity contribution in [2.24, 2.45) is 0 Å². The Morgan fingerprint density at radius 3 is 1.49 bits per heavy atom. The van der Waals surface area contributed by atoms with Gasteiger partial charge in [0, 0.05) is 33.0 Å². The van der Waals surface area contributed by atoms with Gasteiger partial charge in [-0.3, -0.25) is 0 Å². The summed E-state index contributed by atoms with van der Waals surface area (Å²) in [4.78, 5) is 0. The summed E-state index contributed by atoms with van der Waals surface area (Å²) in [6.07, 6.45) is 0. The Balaban J connectivity index is 1.94. The van der Waals surface area contributed by atoms with Crippen LogP contribution in [0.5, 0.6) is 23.0 Å². The molecule has 0 aliphatic heterocycles. The summed E-state index contributed by atoms with van der Waals surface area (Å²) in [6.45, 7) is 20.9. The van der Waals surface area contributed by atoms with Crippen LogP contribution in [0.1, 0.15) is 74.9 Å². The molecule has 0 fully saturated rings. The maximum Gasteiger partial charge on any atom is 0.453 e. The van der Waals surface area contributed by atoms with Gasteiger partial charge < -0.3 is 27.5 Å². The van der Waals surface area contributed by atoms with Crippen molar-refractivity contribution < 1.29 is 27.5 Å². The van der Waals surface area contributed by atoms with Crippen LogP contribution in [0.2, 0.25) is 0 Å². The highest BCUT2D eigenvalue weighted by Gasteiger charge is 2.27. The normalized spacial score (nSPS) is 12.1. The molecule has 0 bridgehead atoms. The highest BCUT2D eigenvalue weighted by molar-refractivity contribution is 7.32. The highest BCUT2D eigenvalue weighted by Crippen LogP contribution is 2.48. The van der Waals surface area contributed by atoms with Gasteiger partial charge in [-0.2, -0.15) is 0 Å². The fraction of sp³-hybridized carbons (Fsp3) is 0.368. The van der Waals surface area contributed by atoms with E-state index in [4.69, 9.17) is 22.4 Å². The van der Waals surface area contributed by atoms with Gasteiger partial charge in [0.25, 0.3) is 0 Å². The number of benzene rings is 4. The molecule has 0 aliphatic carbocycles. The summed E-state index contributed by atoms with van der Waals surface area (Å²) >= 11 is 0. The molecule has 45 heavy (non-hydrogen) atoms. The number of methoxy groups -OCH3 is 2. The minimum atomic E-state index is -2.02. The maximum absolute atomic E-state index is 11.2. The number of aromatic hydroxyl groups is 1. The van der Waals surface area contributed by atoms with Crippen LogP contribution in [0.15, 0.2) is 56.9 Å². The molecule has 0 radical (unpaired) electrons. The van der Waals surface area contributed by atoms with E-state index >= 15 is 0 Å². The lowest BCUT2D eigenvalue weighted by atomic mass is 9.84. The second-order valence-electron chi connectivity index (χ2n) is 14.0. The molecule has 0 atom stereocenters. The summed E-state index contributed by atoms with van der Waals surface area (Å²) in [5.41, 5.74) is 8.05. The van der Waals surface area contributed by atoms with E-state index < -0.39 is 8.24 Å². The van der Waals surface area contributed by atoms with Gasteiger partial charge in [0.05, 0.1) is 14.2 Å². The molecule has 6 nitrogen and oxygen atoms in total. The molecule has 0 spiro atoms. The predicted molar refractivity (Wildman–Crippen MR) is 185 cm³/mol. The van der Waals surface area contributed by atoms with Crippen LogP contribution < -0.4 is 14.0 Å². The Labute approximate surface area is 267 Å². The summed E-state index contributed by atoms with van der Waals surface area (Å²) in [6, 6.07) is 16.1. The Morgan fingerprint density at radius 1 is 0.600 bits per heavy atom. The number of fused-ring (bicyclic) bond motifs is 3. The average Bonchev–Trinajstić information content (AvgIpc) is 3.10. The molecule has 4 aromatic carbocycles. The SMILES string of the molecule is COc1cc(C(C)(C)C)c2op(Oc3c(C)cc(C)cc3-c3cc(C)cc(C)c3O)oc3c(C(C)(C)C)cc(OC)cc3c2c1. The van der Waals surface area contributed by atoms with Crippen molar-refractivity contribution in [3.63, 3.8) is 0 Å². The summed E-state index contributed by atoms with van der Waals surface area (Å²) < 4.78 is 32.2. The largest absolute Gasteiger partial charge is 0.507 e. The first-order valence-electron chi connectivity index (χ1n) is 15.2. The minimum absolute atomic E-state index is 0.228. The van der Waals surface area contributed by atoms with Gasteiger partial charge in [0.2, 0.25) is 0 Å². The molecule has 238 valence electrons. The van der Waals surface area contributed by atoms with Crippen molar-refractivity contribution in [1.82, 2.24) is 0 Å². The molecule has 5 aromatic rings. The van der Waals surface area contributed by atoms with Gasteiger partial charge in [0.1, 0.15) is 34.2 Å². The average molecular weight is 629 g/mol. The smallest absolute Gasteiger partial charge is 0.453 e.